The summed E-state index contributed by atoms with van der Waals surface area (Å²) in [7, 11) is 0. The molecule has 15 heavy (non-hydrogen) atoms. The van der Waals surface area contributed by atoms with Crippen LogP contribution in [0.5, 0.6) is 0 Å². The highest BCUT2D eigenvalue weighted by molar-refractivity contribution is 7.80. The second kappa shape index (κ2) is 5.54. The minimum atomic E-state index is 0.381. The van der Waals surface area contributed by atoms with Crippen molar-refractivity contribution in [2.45, 2.75) is 19.1 Å². The van der Waals surface area contributed by atoms with Crippen LogP contribution in [0.25, 0.3) is 0 Å². The molecule has 2 nitrogen and oxygen atoms in total. The van der Waals surface area contributed by atoms with Gasteiger partial charge in [0.2, 0.25) is 0 Å². The zero-order valence-corrected chi connectivity index (χ0v) is 9.70. The highest BCUT2D eigenvalue weighted by Gasteiger charge is 2.22. The fraction of sp³-hybridized carbons (Fsp3) is 0.500. The van der Waals surface area contributed by atoms with Crippen molar-refractivity contribution in [3.63, 3.8) is 0 Å². The molecule has 0 spiro atoms. The molecule has 1 aromatic rings. The lowest BCUT2D eigenvalue weighted by Gasteiger charge is -2.15. The number of thiol groups is 1. The van der Waals surface area contributed by atoms with Gasteiger partial charge in [0.15, 0.2) is 0 Å². The van der Waals surface area contributed by atoms with Crippen molar-refractivity contribution in [2.75, 3.05) is 19.0 Å². The Hall–Kier alpha value is -0.510. The monoisotopic (exact) mass is 223 g/mol. The van der Waals surface area contributed by atoms with Gasteiger partial charge >= 0.3 is 0 Å². The number of hydrogen-bond donors (Lipinski definition) is 1. The van der Waals surface area contributed by atoms with E-state index in [9.17, 15) is 0 Å². The molecule has 0 radical (unpaired) electrons. The molecule has 1 atom stereocenters. The SMILES string of the molecule is SCO[C@H]1CCN(Cc2ccccc2)C1. The van der Waals surface area contributed by atoms with E-state index >= 15 is 0 Å². The van der Waals surface area contributed by atoms with E-state index in [1.807, 2.05) is 0 Å². The first-order valence-corrected chi connectivity index (χ1v) is 6.00. The van der Waals surface area contributed by atoms with Crippen LogP contribution < -0.4 is 0 Å². The van der Waals surface area contributed by atoms with Gasteiger partial charge in [-0.3, -0.25) is 4.90 Å². The van der Waals surface area contributed by atoms with E-state index in [-0.39, 0.29) is 0 Å². The summed E-state index contributed by atoms with van der Waals surface area (Å²) in [5.74, 6) is 0.532. The third kappa shape index (κ3) is 3.23. The lowest BCUT2D eigenvalue weighted by atomic mass is 10.2. The summed E-state index contributed by atoms with van der Waals surface area (Å²) in [6, 6.07) is 10.6. The van der Waals surface area contributed by atoms with Crippen LogP contribution in [0.15, 0.2) is 30.3 Å². The van der Waals surface area contributed by atoms with Crippen molar-refractivity contribution in [3.8, 4) is 0 Å². The van der Waals surface area contributed by atoms with Crippen LogP contribution in [0.1, 0.15) is 12.0 Å². The van der Waals surface area contributed by atoms with Gasteiger partial charge in [0.25, 0.3) is 0 Å². The van der Waals surface area contributed by atoms with Crippen LogP contribution in [0.3, 0.4) is 0 Å². The summed E-state index contributed by atoms with van der Waals surface area (Å²) in [6.45, 7) is 3.20. The Morgan fingerprint density at radius 1 is 1.33 bits per heavy atom. The van der Waals surface area contributed by atoms with Crippen molar-refractivity contribution in [3.05, 3.63) is 35.9 Å². The Morgan fingerprint density at radius 2 is 2.13 bits per heavy atom. The van der Waals surface area contributed by atoms with E-state index in [2.05, 4.69) is 47.9 Å². The van der Waals surface area contributed by atoms with Gasteiger partial charge in [-0.2, -0.15) is 12.6 Å². The zero-order valence-electron chi connectivity index (χ0n) is 8.80. The van der Waals surface area contributed by atoms with Crippen molar-refractivity contribution in [1.29, 1.82) is 0 Å². The predicted molar refractivity (Wildman–Crippen MR) is 65.1 cm³/mol. The van der Waals surface area contributed by atoms with Crippen molar-refractivity contribution >= 4 is 12.6 Å². The van der Waals surface area contributed by atoms with Gasteiger partial charge in [0.1, 0.15) is 0 Å². The molecule has 2 rings (SSSR count). The molecule has 1 saturated heterocycles. The van der Waals surface area contributed by atoms with Gasteiger partial charge < -0.3 is 4.74 Å². The molecule has 1 aromatic carbocycles. The maximum atomic E-state index is 5.49. The maximum absolute atomic E-state index is 5.49. The Morgan fingerprint density at radius 3 is 2.87 bits per heavy atom. The van der Waals surface area contributed by atoms with Crippen LogP contribution in [0, 0.1) is 0 Å². The summed E-state index contributed by atoms with van der Waals surface area (Å²) < 4.78 is 5.49. The first kappa shape index (κ1) is 11.0. The van der Waals surface area contributed by atoms with Crippen molar-refractivity contribution in [2.24, 2.45) is 0 Å². The van der Waals surface area contributed by atoms with E-state index in [4.69, 9.17) is 4.74 Å². The average molecular weight is 223 g/mol. The molecule has 1 aliphatic rings. The number of hydrogen-bond acceptors (Lipinski definition) is 3. The molecule has 1 heterocycles. The fourth-order valence-electron chi connectivity index (χ4n) is 2.02. The van der Waals surface area contributed by atoms with Crippen LogP contribution in [-0.4, -0.2) is 30.0 Å². The van der Waals surface area contributed by atoms with Gasteiger partial charge in [-0.05, 0) is 12.0 Å². The first-order chi connectivity index (χ1) is 7.38. The minimum Gasteiger partial charge on any atom is -0.367 e. The van der Waals surface area contributed by atoms with E-state index in [1.54, 1.807) is 0 Å². The summed E-state index contributed by atoms with van der Waals surface area (Å²) in [6.07, 6.45) is 1.51. The lowest BCUT2D eigenvalue weighted by Crippen LogP contribution is -2.22. The molecule has 3 heteroatoms. The van der Waals surface area contributed by atoms with Crippen LogP contribution in [0.2, 0.25) is 0 Å². The number of nitrogens with zero attached hydrogens (tertiary/aromatic N) is 1. The van der Waals surface area contributed by atoms with E-state index in [1.165, 1.54) is 5.56 Å². The maximum Gasteiger partial charge on any atom is 0.0896 e. The third-order valence-electron chi connectivity index (χ3n) is 2.79. The summed E-state index contributed by atoms with van der Waals surface area (Å²) >= 11 is 4.08. The third-order valence-corrected chi connectivity index (χ3v) is 2.94. The molecule has 0 saturated carbocycles. The topological polar surface area (TPSA) is 12.5 Å². The van der Waals surface area contributed by atoms with E-state index < -0.39 is 0 Å². The van der Waals surface area contributed by atoms with Gasteiger partial charge in [-0.15, -0.1) is 0 Å². The standard InChI is InChI=1S/C12H17NOS/c15-10-14-12-6-7-13(9-12)8-11-4-2-1-3-5-11/h1-5,12,15H,6-10H2/t12-/m0/s1. The molecule has 0 unspecified atom stereocenters. The smallest absolute Gasteiger partial charge is 0.0896 e. The predicted octanol–water partition coefficient (Wildman–Crippen LogP) is 2.16. The molecule has 0 bridgehead atoms. The number of likely N-dealkylation sites (tertiary alicyclic amines) is 1. The molecule has 0 aliphatic carbocycles. The number of ether oxygens (including phenoxy) is 1. The zero-order chi connectivity index (χ0) is 10.5. The van der Waals surface area contributed by atoms with Crippen molar-refractivity contribution in [1.82, 2.24) is 4.90 Å². The highest BCUT2D eigenvalue weighted by Crippen LogP contribution is 2.15. The van der Waals surface area contributed by atoms with Gasteiger partial charge in [-0.25, -0.2) is 0 Å². The molecular weight excluding hydrogens is 206 g/mol. The molecule has 82 valence electrons. The van der Waals surface area contributed by atoms with Gasteiger partial charge in [-0.1, -0.05) is 30.3 Å². The molecular formula is C12H17NOS. The van der Waals surface area contributed by atoms with E-state index in [0.717, 1.165) is 26.1 Å². The summed E-state index contributed by atoms with van der Waals surface area (Å²) in [5.41, 5.74) is 1.38. The number of rotatable bonds is 4. The summed E-state index contributed by atoms with van der Waals surface area (Å²) in [4.78, 5) is 2.43. The lowest BCUT2D eigenvalue weighted by molar-refractivity contribution is 0.0958. The summed E-state index contributed by atoms with van der Waals surface area (Å²) in [5, 5.41) is 0. The Bertz CT molecular complexity index is 291. The van der Waals surface area contributed by atoms with Gasteiger partial charge in [0, 0.05) is 19.6 Å². The molecule has 1 fully saturated rings. The highest BCUT2D eigenvalue weighted by atomic mass is 32.1. The number of benzene rings is 1. The Balaban J connectivity index is 1.82. The second-order valence-corrected chi connectivity index (χ2v) is 4.19. The molecule has 0 N–H and O–H groups in total. The first-order valence-electron chi connectivity index (χ1n) is 5.37. The quantitative estimate of drug-likeness (QED) is 0.620. The van der Waals surface area contributed by atoms with Crippen molar-refractivity contribution < 1.29 is 4.74 Å². The second-order valence-electron chi connectivity index (χ2n) is 3.93. The van der Waals surface area contributed by atoms with Crippen LogP contribution in [0.4, 0.5) is 0 Å². The Kier molecular flexibility index (Phi) is 4.06. The fourth-order valence-corrected chi connectivity index (χ4v) is 2.23. The minimum absolute atomic E-state index is 0.381. The van der Waals surface area contributed by atoms with Gasteiger partial charge in [0.05, 0.1) is 12.0 Å². The largest absolute Gasteiger partial charge is 0.367 e. The Labute approximate surface area is 96.6 Å². The van der Waals surface area contributed by atoms with E-state index in [0.29, 0.717) is 12.0 Å². The molecule has 0 amide bonds. The normalized spacial score (nSPS) is 22.1. The average Bonchev–Trinajstić information content (AvgIpc) is 2.68. The molecule has 0 aromatic heterocycles. The van der Waals surface area contributed by atoms with Crippen LogP contribution in [-0.2, 0) is 11.3 Å². The molecule has 1 aliphatic heterocycles. The van der Waals surface area contributed by atoms with Crippen LogP contribution >= 0.6 is 12.6 Å².